The summed E-state index contributed by atoms with van der Waals surface area (Å²) in [6.45, 7) is 1.77. The number of aromatic nitrogens is 1. The number of carbonyl (C=O) groups is 3. The number of ether oxygens (including phenoxy) is 1. The maximum atomic E-state index is 13.3. The first kappa shape index (κ1) is 21.6. The van der Waals surface area contributed by atoms with Gasteiger partial charge in [-0.15, -0.1) is 0 Å². The number of esters is 1. The lowest BCUT2D eigenvalue weighted by molar-refractivity contribution is -0.385. The summed E-state index contributed by atoms with van der Waals surface area (Å²) in [6.07, 6.45) is 1.50. The van der Waals surface area contributed by atoms with Crippen molar-refractivity contribution in [2.75, 3.05) is 6.61 Å². The number of rotatable bonds is 7. The minimum atomic E-state index is -0.666. The summed E-state index contributed by atoms with van der Waals surface area (Å²) in [5.74, 6) is -1.54. The average molecular weight is 442 g/mol. The molecule has 164 valence electrons. The van der Waals surface area contributed by atoms with Crippen LogP contribution in [-0.2, 0) is 4.74 Å². The Balaban J connectivity index is 1.88. The quantitative estimate of drug-likeness (QED) is 0.181. The molecule has 0 spiro atoms. The Morgan fingerprint density at radius 1 is 0.879 bits per heavy atom. The highest BCUT2D eigenvalue weighted by molar-refractivity contribution is 6.14. The molecule has 4 aromatic rings. The number of fused-ring (bicyclic) bond motifs is 1. The third-order valence-corrected chi connectivity index (χ3v) is 5.14. The molecule has 0 fully saturated rings. The van der Waals surface area contributed by atoms with E-state index in [1.807, 2.05) is 0 Å². The summed E-state index contributed by atoms with van der Waals surface area (Å²) in [7, 11) is 0. The molecular weight excluding hydrogens is 424 g/mol. The van der Waals surface area contributed by atoms with Gasteiger partial charge in [0.25, 0.3) is 5.69 Å². The van der Waals surface area contributed by atoms with E-state index in [1.165, 1.54) is 53.1 Å². The number of carbonyl (C=O) groups excluding carboxylic acids is 3. The fraction of sp³-hybridized carbons (Fsp3) is 0.0800. The molecule has 0 aliphatic rings. The van der Waals surface area contributed by atoms with E-state index in [0.717, 1.165) is 0 Å². The van der Waals surface area contributed by atoms with Crippen LogP contribution < -0.4 is 0 Å². The van der Waals surface area contributed by atoms with Crippen molar-refractivity contribution in [3.8, 4) is 0 Å². The normalized spacial score (nSPS) is 10.7. The minimum absolute atomic E-state index is 0.0427. The van der Waals surface area contributed by atoms with E-state index in [2.05, 4.69) is 0 Å². The van der Waals surface area contributed by atoms with Crippen molar-refractivity contribution in [1.82, 2.24) is 4.40 Å². The first-order valence-electron chi connectivity index (χ1n) is 10.1. The van der Waals surface area contributed by atoms with Crippen LogP contribution >= 0.6 is 0 Å². The van der Waals surface area contributed by atoms with Gasteiger partial charge in [-0.1, -0.05) is 42.5 Å². The van der Waals surface area contributed by atoms with E-state index < -0.39 is 16.7 Å². The van der Waals surface area contributed by atoms with Crippen LogP contribution in [0.5, 0.6) is 0 Å². The molecule has 8 heteroatoms. The summed E-state index contributed by atoms with van der Waals surface area (Å²) in [5.41, 5.74) is 0.761. The van der Waals surface area contributed by atoms with Crippen LogP contribution in [0.3, 0.4) is 0 Å². The van der Waals surface area contributed by atoms with Crippen LogP contribution in [0, 0.1) is 10.1 Å². The molecule has 0 aliphatic carbocycles. The topological polar surface area (TPSA) is 108 Å². The van der Waals surface area contributed by atoms with E-state index in [0.29, 0.717) is 11.1 Å². The molecule has 0 amide bonds. The van der Waals surface area contributed by atoms with E-state index >= 15 is 0 Å². The second-order valence-electron chi connectivity index (χ2n) is 7.13. The van der Waals surface area contributed by atoms with E-state index in [4.69, 9.17) is 4.74 Å². The number of hydrogen-bond donors (Lipinski definition) is 0. The zero-order valence-electron chi connectivity index (χ0n) is 17.6. The van der Waals surface area contributed by atoms with Gasteiger partial charge in [-0.25, -0.2) is 4.79 Å². The molecule has 2 aromatic carbocycles. The van der Waals surface area contributed by atoms with Crippen molar-refractivity contribution in [1.29, 1.82) is 0 Å². The van der Waals surface area contributed by atoms with Gasteiger partial charge >= 0.3 is 5.97 Å². The number of hydrogen-bond acceptors (Lipinski definition) is 6. The van der Waals surface area contributed by atoms with Gasteiger partial charge in [0, 0.05) is 23.4 Å². The zero-order valence-corrected chi connectivity index (χ0v) is 17.6. The third-order valence-electron chi connectivity index (χ3n) is 5.14. The molecule has 2 heterocycles. The van der Waals surface area contributed by atoms with Crippen LogP contribution in [0.25, 0.3) is 5.52 Å². The molecule has 0 unspecified atom stereocenters. The number of nitro groups is 1. The van der Waals surface area contributed by atoms with Gasteiger partial charge in [0.05, 0.1) is 28.3 Å². The van der Waals surface area contributed by atoms with Crippen LogP contribution in [0.4, 0.5) is 5.69 Å². The van der Waals surface area contributed by atoms with Crippen molar-refractivity contribution in [2.24, 2.45) is 0 Å². The molecule has 33 heavy (non-hydrogen) atoms. The van der Waals surface area contributed by atoms with Gasteiger partial charge in [0.1, 0.15) is 5.56 Å². The maximum absolute atomic E-state index is 13.3. The molecule has 0 saturated carbocycles. The van der Waals surface area contributed by atoms with Crippen molar-refractivity contribution in [2.45, 2.75) is 6.92 Å². The highest BCUT2D eigenvalue weighted by Crippen LogP contribution is 2.26. The van der Waals surface area contributed by atoms with E-state index in [9.17, 15) is 24.5 Å². The first-order valence-corrected chi connectivity index (χ1v) is 10.1. The Kier molecular flexibility index (Phi) is 5.82. The summed E-state index contributed by atoms with van der Waals surface area (Å²) in [5, 5.41) is 11.4. The zero-order chi connectivity index (χ0) is 23.5. The molecule has 4 rings (SSSR count). The number of nitrogens with zero attached hydrogens (tertiary/aromatic N) is 2. The Labute approximate surface area is 188 Å². The summed E-state index contributed by atoms with van der Waals surface area (Å²) >= 11 is 0. The number of para-hydroxylation sites is 1. The Morgan fingerprint density at radius 3 is 2.27 bits per heavy atom. The molecule has 0 radical (unpaired) electrons. The van der Waals surface area contributed by atoms with Crippen molar-refractivity contribution < 1.29 is 24.0 Å². The lowest BCUT2D eigenvalue weighted by Gasteiger charge is -2.06. The molecule has 0 bridgehead atoms. The van der Waals surface area contributed by atoms with E-state index in [-0.39, 0.29) is 40.4 Å². The number of nitro benzene ring substituents is 1. The van der Waals surface area contributed by atoms with Gasteiger partial charge in [-0.2, -0.15) is 0 Å². The molecule has 0 aliphatic heterocycles. The van der Waals surface area contributed by atoms with Crippen LogP contribution in [0.15, 0.2) is 79.0 Å². The second kappa shape index (κ2) is 8.88. The smallest absolute Gasteiger partial charge is 0.340 e. The lowest BCUT2D eigenvalue weighted by Crippen LogP contribution is -2.08. The average Bonchev–Trinajstić information content (AvgIpc) is 3.22. The molecule has 2 aromatic heterocycles. The Hall–Kier alpha value is -4.59. The van der Waals surface area contributed by atoms with Crippen LogP contribution in [0.1, 0.15) is 49.3 Å². The van der Waals surface area contributed by atoms with Gasteiger partial charge in [-0.05, 0) is 31.2 Å². The van der Waals surface area contributed by atoms with Gasteiger partial charge in [0.15, 0.2) is 5.78 Å². The van der Waals surface area contributed by atoms with Gasteiger partial charge in [0.2, 0.25) is 5.78 Å². The summed E-state index contributed by atoms with van der Waals surface area (Å²) in [4.78, 5) is 49.6. The van der Waals surface area contributed by atoms with Crippen molar-refractivity contribution >= 4 is 28.7 Å². The van der Waals surface area contributed by atoms with Crippen LogP contribution in [-0.4, -0.2) is 33.5 Å². The summed E-state index contributed by atoms with van der Waals surface area (Å²) < 4.78 is 6.56. The number of ketones is 2. The molecule has 8 nitrogen and oxygen atoms in total. The fourth-order valence-corrected chi connectivity index (χ4v) is 3.61. The van der Waals surface area contributed by atoms with Gasteiger partial charge in [-0.3, -0.25) is 19.7 Å². The Morgan fingerprint density at radius 2 is 1.58 bits per heavy atom. The first-order chi connectivity index (χ1) is 15.9. The number of pyridine rings is 1. The highest BCUT2D eigenvalue weighted by Gasteiger charge is 2.26. The van der Waals surface area contributed by atoms with Crippen molar-refractivity contribution in [3.63, 3.8) is 0 Å². The molecule has 0 atom stereocenters. The molecular formula is C25H18N2O6. The standard InChI is InChI=1S/C25H18N2O6/c1-2-33-25(30)19-15-22(24(29)18-10-6-7-11-20(18)27(31)32)26-13-12-17(14-21(19)26)23(28)16-8-4-3-5-9-16/h3-15H,2H2,1H3. The monoisotopic (exact) mass is 442 g/mol. The SMILES string of the molecule is CCOC(=O)c1cc(C(=O)c2ccccc2[N+](=O)[O-])n2ccc(C(=O)c3ccccc3)cc12. The maximum Gasteiger partial charge on any atom is 0.340 e. The lowest BCUT2D eigenvalue weighted by atomic mass is 10.0. The van der Waals surface area contributed by atoms with Gasteiger partial charge < -0.3 is 9.14 Å². The predicted octanol–water partition coefficient (Wildman–Crippen LogP) is 4.49. The predicted molar refractivity (Wildman–Crippen MR) is 120 cm³/mol. The van der Waals surface area contributed by atoms with Crippen molar-refractivity contribution in [3.05, 3.63) is 117 Å². The van der Waals surface area contributed by atoms with Crippen LogP contribution in [0.2, 0.25) is 0 Å². The Bertz CT molecular complexity index is 1410. The molecule has 0 N–H and O–H groups in total. The highest BCUT2D eigenvalue weighted by atomic mass is 16.6. The molecule has 0 saturated heterocycles. The largest absolute Gasteiger partial charge is 0.462 e. The number of benzene rings is 2. The third kappa shape index (κ3) is 4.01. The van der Waals surface area contributed by atoms with E-state index in [1.54, 1.807) is 37.3 Å². The fourth-order valence-electron chi connectivity index (χ4n) is 3.61. The summed E-state index contributed by atoms with van der Waals surface area (Å²) in [6, 6.07) is 18.6. The second-order valence-corrected chi connectivity index (χ2v) is 7.13. The minimum Gasteiger partial charge on any atom is -0.462 e.